The zero-order valence-electron chi connectivity index (χ0n) is 11.0. The summed E-state index contributed by atoms with van der Waals surface area (Å²) in [5, 5.41) is 24.3. The van der Waals surface area contributed by atoms with E-state index in [0.717, 1.165) is 22.1 Å². The molecule has 0 bridgehead atoms. The molecule has 0 atom stereocenters. The number of benzene rings is 1. The molecule has 0 spiro atoms. The number of hydrogen-bond acceptors (Lipinski definition) is 6. The normalized spacial score (nSPS) is 14.4. The lowest BCUT2D eigenvalue weighted by molar-refractivity contribution is -0.385. The molecule has 1 aromatic carbocycles. The van der Waals surface area contributed by atoms with Gasteiger partial charge in [-0.05, 0) is 31.9 Å². The Morgan fingerprint density at radius 1 is 1.45 bits per heavy atom. The Labute approximate surface area is 120 Å². The van der Waals surface area contributed by atoms with Gasteiger partial charge in [0.15, 0.2) is 0 Å². The van der Waals surface area contributed by atoms with Gasteiger partial charge in [-0.15, -0.1) is 10.2 Å². The third kappa shape index (κ3) is 2.83. The first-order valence-electron chi connectivity index (χ1n) is 6.44. The fourth-order valence-corrected chi connectivity index (χ4v) is 2.74. The fourth-order valence-electron chi connectivity index (χ4n) is 1.95. The van der Waals surface area contributed by atoms with Crippen molar-refractivity contribution in [2.24, 2.45) is 0 Å². The molecule has 1 aliphatic rings. The first-order valence-corrected chi connectivity index (χ1v) is 7.26. The van der Waals surface area contributed by atoms with Crippen molar-refractivity contribution in [2.45, 2.75) is 32.4 Å². The zero-order valence-corrected chi connectivity index (χ0v) is 11.8. The molecule has 0 unspecified atom stereocenters. The first kappa shape index (κ1) is 13.1. The van der Waals surface area contributed by atoms with Crippen LogP contribution in [0.4, 0.5) is 5.69 Å². The van der Waals surface area contributed by atoms with E-state index < -0.39 is 0 Å². The second kappa shape index (κ2) is 5.26. The monoisotopic (exact) mass is 290 g/mol. The summed E-state index contributed by atoms with van der Waals surface area (Å²) in [4.78, 5) is 10.4. The highest BCUT2D eigenvalue weighted by Gasteiger charge is 2.21. The van der Waals surface area contributed by atoms with Crippen LogP contribution >= 0.6 is 11.3 Å². The summed E-state index contributed by atoms with van der Waals surface area (Å²) < 4.78 is 0. The van der Waals surface area contributed by atoms with Crippen molar-refractivity contribution in [1.82, 2.24) is 15.5 Å². The lowest BCUT2D eigenvalue weighted by atomic mass is 10.1. The van der Waals surface area contributed by atoms with E-state index in [9.17, 15) is 10.1 Å². The van der Waals surface area contributed by atoms with Crippen LogP contribution in [0.3, 0.4) is 0 Å². The number of nitrogens with zero attached hydrogens (tertiary/aromatic N) is 3. The highest BCUT2D eigenvalue weighted by atomic mass is 32.1. The zero-order chi connectivity index (χ0) is 14.1. The minimum Gasteiger partial charge on any atom is -0.308 e. The van der Waals surface area contributed by atoms with E-state index in [1.165, 1.54) is 30.2 Å². The topological polar surface area (TPSA) is 81.0 Å². The van der Waals surface area contributed by atoms with Gasteiger partial charge in [-0.1, -0.05) is 11.3 Å². The van der Waals surface area contributed by atoms with Gasteiger partial charge in [-0.3, -0.25) is 10.1 Å². The maximum Gasteiger partial charge on any atom is 0.272 e. The predicted molar refractivity (Wildman–Crippen MR) is 76.6 cm³/mol. The molecule has 1 N–H and O–H groups in total. The van der Waals surface area contributed by atoms with Gasteiger partial charge in [-0.2, -0.15) is 0 Å². The Bertz CT molecular complexity index is 652. The van der Waals surface area contributed by atoms with E-state index in [1.54, 1.807) is 19.1 Å². The minimum absolute atomic E-state index is 0.133. The summed E-state index contributed by atoms with van der Waals surface area (Å²) >= 11 is 1.52. The molecule has 0 radical (unpaired) electrons. The SMILES string of the molecule is Cc1cc(-c2nnc(CNC3CC3)s2)ccc1[N+](=O)[O-]. The Kier molecular flexibility index (Phi) is 3.45. The van der Waals surface area contributed by atoms with Gasteiger partial charge in [0.2, 0.25) is 0 Å². The largest absolute Gasteiger partial charge is 0.308 e. The molecule has 104 valence electrons. The average molecular weight is 290 g/mol. The lowest BCUT2D eigenvalue weighted by Crippen LogP contribution is -2.14. The Morgan fingerprint density at radius 3 is 2.90 bits per heavy atom. The molecule has 3 rings (SSSR count). The van der Waals surface area contributed by atoms with Crippen LogP contribution in [0.5, 0.6) is 0 Å². The van der Waals surface area contributed by atoms with E-state index in [1.807, 2.05) is 0 Å². The number of hydrogen-bond donors (Lipinski definition) is 1. The average Bonchev–Trinajstić information content (AvgIpc) is 3.13. The van der Waals surface area contributed by atoms with Crippen LogP contribution in [0.25, 0.3) is 10.6 Å². The Balaban J connectivity index is 1.77. The molecule has 1 fully saturated rings. The second-order valence-electron chi connectivity index (χ2n) is 4.91. The van der Waals surface area contributed by atoms with Crippen molar-refractivity contribution < 1.29 is 4.92 Å². The van der Waals surface area contributed by atoms with E-state index >= 15 is 0 Å². The summed E-state index contributed by atoms with van der Waals surface area (Å²) in [7, 11) is 0. The molecule has 0 aliphatic heterocycles. The summed E-state index contributed by atoms with van der Waals surface area (Å²) in [5.41, 5.74) is 1.65. The summed E-state index contributed by atoms with van der Waals surface area (Å²) in [6, 6.07) is 5.68. The lowest BCUT2D eigenvalue weighted by Gasteiger charge is -1.99. The van der Waals surface area contributed by atoms with Crippen LogP contribution in [0, 0.1) is 17.0 Å². The summed E-state index contributed by atoms with van der Waals surface area (Å²) in [6.07, 6.45) is 2.49. The van der Waals surface area contributed by atoms with Gasteiger partial charge in [0.25, 0.3) is 5.69 Å². The van der Waals surface area contributed by atoms with Gasteiger partial charge in [-0.25, -0.2) is 0 Å². The summed E-state index contributed by atoms with van der Waals surface area (Å²) in [6.45, 7) is 2.48. The van der Waals surface area contributed by atoms with Crippen molar-refractivity contribution in [2.75, 3.05) is 0 Å². The first-order chi connectivity index (χ1) is 9.63. The third-order valence-corrected chi connectivity index (χ3v) is 4.20. The molecular formula is C13H14N4O2S. The third-order valence-electron chi connectivity index (χ3n) is 3.23. The van der Waals surface area contributed by atoms with Gasteiger partial charge in [0, 0.05) is 29.8 Å². The number of nitrogens with one attached hydrogen (secondary N) is 1. The van der Waals surface area contributed by atoms with Crippen molar-refractivity contribution in [3.8, 4) is 10.6 Å². The van der Waals surface area contributed by atoms with Gasteiger partial charge in [0.05, 0.1) is 4.92 Å². The maximum atomic E-state index is 10.8. The Morgan fingerprint density at radius 2 is 2.25 bits per heavy atom. The van der Waals surface area contributed by atoms with Gasteiger partial charge in [0.1, 0.15) is 10.0 Å². The van der Waals surface area contributed by atoms with E-state index in [0.29, 0.717) is 11.6 Å². The van der Waals surface area contributed by atoms with Crippen molar-refractivity contribution in [3.05, 3.63) is 38.9 Å². The number of nitro groups is 1. The van der Waals surface area contributed by atoms with Crippen LogP contribution in [0.2, 0.25) is 0 Å². The van der Waals surface area contributed by atoms with Crippen LogP contribution in [-0.2, 0) is 6.54 Å². The second-order valence-corrected chi connectivity index (χ2v) is 5.98. The molecule has 1 aromatic heterocycles. The molecule has 0 amide bonds. The molecule has 1 aliphatic carbocycles. The molecule has 2 aromatic rings. The molecule has 0 saturated heterocycles. The molecule has 7 heteroatoms. The number of rotatable bonds is 5. The molecule has 1 heterocycles. The number of aromatic nitrogens is 2. The highest BCUT2D eigenvalue weighted by molar-refractivity contribution is 7.14. The highest BCUT2D eigenvalue weighted by Crippen LogP contribution is 2.28. The smallest absolute Gasteiger partial charge is 0.272 e. The van der Waals surface area contributed by atoms with E-state index in [2.05, 4.69) is 15.5 Å². The van der Waals surface area contributed by atoms with Crippen molar-refractivity contribution in [1.29, 1.82) is 0 Å². The van der Waals surface area contributed by atoms with Crippen LogP contribution in [0.1, 0.15) is 23.4 Å². The van der Waals surface area contributed by atoms with Crippen LogP contribution in [0.15, 0.2) is 18.2 Å². The molecule has 1 saturated carbocycles. The molecule has 6 nitrogen and oxygen atoms in total. The van der Waals surface area contributed by atoms with E-state index in [4.69, 9.17) is 0 Å². The standard InChI is InChI=1S/C13H14N4O2S/c1-8-6-9(2-5-11(8)17(18)19)13-16-15-12(20-13)7-14-10-3-4-10/h2,5-6,10,14H,3-4,7H2,1H3. The van der Waals surface area contributed by atoms with Crippen molar-refractivity contribution in [3.63, 3.8) is 0 Å². The minimum atomic E-state index is -0.371. The van der Waals surface area contributed by atoms with Crippen molar-refractivity contribution >= 4 is 17.0 Å². The fraction of sp³-hybridized carbons (Fsp3) is 0.385. The number of aryl methyl sites for hydroxylation is 1. The van der Waals surface area contributed by atoms with Gasteiger partial charge >= 0.3 is 0 Å². The Hall–Kier alpha value is -1.86. The van der Waals surface area contributed by atoms with Crippen LogP contribution in [-0.4, -0.2) is 21.2 Å². The molecular weight excluding hydrogens is 276 g/mol. The quantitative estimate of drug-likeness (QED) is 0.676. The predicted octanol–water partition coefficient (Wildman–Crippen LogP) is 2.67. The molecule has 20 heavy (non-hydrogen) atoms. The van der Waals surface area contributed by atoms with E-state index in [-0.39, 0.29) is 10.6 Å². The maximum absolute atomic E-state index is 10.8. The summed E-state index contributed by atoms with van der Waals surface area (Å²) in [5.74, 6) is 0. The van der Waals surface area contributed by atoms with Crippen LogP contribution < -0.4 is 5.32 Å². The van der Waals surface area contributed by atoms with Gasteiger partial charge < -0.3 is 5.32 Å². The number of nitro benzene ring substituents is 1.